The van der Waals surface area contributed by atoms with Gasteiger partial charge in [0.05, 0.1) is 5.52 Å². The van der Waals surface area contributed by atoms with Crippen molar-refractivity contribution in [3.05, 3.63) is 54.2 Å². The first-order valence-corrected chi connectivity index (χ1v) is 5.82. The number of nitrogens with zero attached hydrogens (tertiary/aromatic N) is 2. The van der Waals surface area contributed by atoms with Crippen LogP contribution in [-0.4, -0.2) is 9.97 Å². The van der Waals surface area contributed by atoms with Gasteiger partial charge in [-0.2, -0.15) is 0 Å². The Morgan fingerprint density at radius 1 is 1.06 bits per heavy atom. The minimum Gasteiger partial charge on any atom is -0.399 e. The van der Waals surface area contributed by atoms with Gasteiger partial charge in [0, 0.05) is 22.8 Å². The molecule has 3 aromatic rings. The Kier molecular flexibility index (Phi) is 2.45. The number of aryl methyl sites for hydroxylation is 1. The maximum atomic E-state index is 5.82. The number of anilines is 1. The number of hydrogen-bond donors (Lipinski definition) is 1. The minimum absolute atomic E-state index is 0.721. The molecular formula is C15H13N3. The molecule has 1 aromatic heterocycles. The summed E-state index contributed by atoms with van der Waals surface area (Å²) < 4.78 is 0. The van der Waals surface area contributed by atoms with E-state index < -0.39 is 0 Å². The summed E-state index contributed by atoms with van der Waals surface area (Å²) in [6.45, 7) is 2.04. The molecule has 18 heavy (non-hydrogen) atoms. The average Bonchev–Trinajstić information content (AvgIpc) is 2.41. The van der Waals surface area contributed by atoms with Crippen LogP contribution in [0.4, 0.5) is 5.69 Å². The van der Waals surface area contributed by atoms with Gasteiger partial charge in [-0.15, -0.1) is 0 Å². The number of nitrogen functional groups attached to an aromatic ring is 1. The normalized spacial score (nSPS) is 10.7. The second-order valence-electron chi connectivity index (χ2n) is 4.33. The van der Waals surface area contributed by atoms with Crippen LogP contribution in [0.5, 0.6) is 0 Å². The zero-order valence-corrected chi connectivity index (χ0v) is 10.1. The number of benzene rings is 2. The smallest absolute Gasteiger partial charge is 0.160 e. The van der Waals surface area contributed by atoms with Crippen LogP contribution >= 0.6 is 0 Å². The van der Waals surface area contributed by atoms with E-state index in [0.29, 0.717) is 0 Å². The van der Waals surface area contributed by atoms with Gasteiger partial charge in [0.15, 0.2) is 5.82 Å². The van der Waals surface area contributed by atoms with E-state index in [1.165, 1.54) is 0 Å². The van der Waals surface area contributed by atoms with Crippen molar-refractivity contribution in [1.82, 2.24) is 9.97 Å². The number of aromatic nitrogens is 2. The van der Waals surface area contributed by atoms with Crippen LogP contribution in [0.15, 0.2) is 48.7 Å². The standard InChI is InChI=1S/C15H13N3/c1-10-6-7-12(16)8-13(10)15-17-9-11-4-2-3-5-14(11)18-15/h2-9H,16H2,1H3. The molecule has 0 saturated heterocycles. The molecule has 2 N–H and O–H groups in total. The molecule has 3 rings (SSSR count). The molecule has 0 aliphatic rings. The molecule has 3 nitrogen and oxygen atoms in total. The molecule has 0 fully saturated rings. The molecule has 1 heterocycles. The third-order valence-corrected chi connectivity index (χ3v) is 2.99. The fourth-order valence-electron chi connectivity index (χ4n) is 1.98. The van der Waals surface area contributed by atoms with Crippen molar-refractivity contribution < 1.29 is 0 Å². The third-order valence-electron chi connectivity index (χ3n) is 2.99. The molecule has 0 radical (unpaired) electrons. The third kappa shape index (κ3) is 1.80. The van der Waals surface area contributed by atoms with Gasteiger partial charge in [0.1, 0.15) is 0 Å². The average molecular weight is 235 g/mol. The number of hydrogen-bond acceptors (Lipinski definition) is 3. The number of para-hydroxylation sites is 1. The number of fused-ring (bicyclic) bond motifs is 1. The molecular weight excluding hydrogens is 222 g/mol. The zero-order valence-electron chi connectivity index (χ0n) is 10.1. The Morgan fingerprint density at radius 2 is 1.89 bits per heavy atom. The molecule has 0 aliphatic carbocycles. The molecule has 0 unspecified atom stereocenters. The van der Waals surface area contributed by atoms with Crippen molar-refractivity contribution in [2.45, 2.75) is 6.92 Å². The van der Waals surface area contributed by atoms with Gasteiger partial charge in [-0.3, -0.25) is 0 Å². The maximum Gasteiger partial charge on any atom is 0.160 e. The topological polar surface area (TPSA) is 51.8 Å². The largest absolute Gasteiger partial charge is 0.399 e. The summed E-state index contributed by atoms with van der Waals surface area (Å²) in [6.07, 6.45) is 1.85. The second kappa shape index (κ2) is 4.11. The summed E-state index contributed by atoms with van der Waals surface area (Å²) in [5.74, 6) is 0.721. The predicted octanol–water partition coefficient (Wildman–Crippen LogP) is 3.19. The quantitative estimate of drug-likeness (QED) is 0.659. The monoisotopic (exact) mass is 235 g/mol. The highest BCUT2D eigenvalue weighted by atomic mass is 14.9. The zero-order chi connectivity index (χ0) is 12.5. The van der Waals surface area contributed by atoms with Crippen LogP contribution in [-0.2, 0) is 0 Å². The highest BCUT2D eigenvalue weighted by Gasteiger charge is 2.06. The second-order valence-corrected chi connectivity index (χ2v) is 4.33. The number of nitrogens with two attached hydrogens (primary N) is 1. The molecule has 0 atom stereocenters. The molecule has 0 saturated carbocycles. The van der Waals surface area contributed by atoms with Crippen LogP contribution < -0.4 is 5.73 Å². The van der Waals surface area contributed by atoms with E-state index in [1.54, 1.807) is 0 Å². The Morgan fingerprint density at radius 3 is 2.78 bits per heavy atom. The first kappa shape index (κ1) is 10.7. The predicted molar refractivity (Wildman–Crippen MR) is 74.1 cm³/mol. The molecule has 88 valence electrons. The van der Waals surface area contributed by atoms with Crippen LogP contribution in [0.3, 0.4) is 0 Å². The first-order valence-electron chi connectivity index (χ1n) is 5.82. The summed E-state index contributed by atoms with van der Waals surface area (Å²) in [5.41, 5.74) is 9.61. The number of rotatable bonds is 1. The lowest BCUT2D eigenvalue weighted by atomic mass is 10.1. The molecule has 0 amide bonds. The maximum absolute atomic E-state index is 5.82. The fraction of sp³-hybridized carbons (Fsp3) is 0.0667. The van der Waals surface area contributed by atoms with E-state index in [-0.39, 0.29) is 0 Å². The lowest BCUT2D eigenvalue weighted by Crippen LogP contribution is -1.94. The van der Waals surface area contributed by atoms with Crippen LogP contribution in [0, 0.1) is 6.92 Å². The van der Waals surface area contributed by atoms with Gasteiger partial charge in [-0.1, -0.05) is 24.3 Å². The van der Waals surface area contributed by atoms with E-state index in [4.69, 9.17) is 5.73 Å². The van der Waals surface area contributed by atoms with Gasteiger partial charge >= 0.3 is 0 Å². The summed E-state index contributed by atoms with van der Waals surface area (Å²) >= 11 is 0. The van der Waals surface area contributed by atoms with Gasteiger partial charge in [-0.05, 0) is 30.7 Å². The summed E-state index contributed by atoms with van der Waals surface area (Å²) in [5, 5.41) is 1.04. The summed E-state index contributed by atoms with van der Waals surface area (Å²) in [6, 6.07) is 13.7. The van der Waals surface area contributed by atoms with E-state index in [0.717, 1.165) is 33.5 Å². The Bertz CT molecular complexity index is 720. The highest BCUT2D eigenvalue weighted by Crippen LogP contribution is 2.23. The lowest BCUT2D eigenvalue weighted by molar-refractivity contribution is 1.21. The van der Waals surface area contributed by atoms with E-state index in [2.05, 4.69) is 9.97 Å². The van der Waals surface area contributed by atoms with Gasteiger partial charge < -0.3 is 5.73 Å². The van der Waals surface area contributed by atoms with Crippen molar-refractivity contribution in [3.8, 4) is 11.4 Å². The van der Waals surface area contributed by atoms with Crippen molar-refractivity contribution in [2.75, 3.05) is 5.73 Å². The Labute approximate surface area is 105 Å². The van der Waals surface area contributed by atoms with E-state index in [9.17, 15) is 0 Å². The molecule has 0 aliphatic heterocycles. The van der Waals surface area contributed by atoms with Crippen LogP contribution in [0.2, 0.25) is 0 Å². The fourth-order valence-corrected chi connectivity index (χ4v) is 1.98. The summed E-state index contributed by atoms with van der Waals surface area (Å²) in [7, 11) is 0. The molecule has 0 spiro atoms. The van der Waals surface area contributed by atoms with Gasteiger partial charge in [0.2, 0.25) is 0 Å². The van der Waals surface area contributed by atoms with Crippen LogP contribution in [0.1, 0.15) is 5.56 Å². The first-order chi connectivity index (χ1) is 8.74. The lowest BCUT2D eigenvalue weighted by Gasteiger charge is -2.06. The van der Waals surface area contributed by atoms with E-state index >= 15 is 0 Å². The van der Waals surface area contributed by atoms with Gasteiger partial charge in [0.25, 0.3) is 0 Å². The summed E-state index contributed by atoms with van der Waals surface area (Å²) in [4.78, 5) is 8.99. The minimum atomic E-state index is 0.721. The van der Waals surface area contributed by atoms with Crippen molar-refractivity contribution in [2.24, 2.45) is 0 Å². The highest BCUT2D eigenvalue weighted by molar-refractivity contribution is 5.80. The Hall–Kier alpha value is -2.42. The van der Waals surface area contributed by atoms with Crippen molar-refractivity contribution in [1.29, 1.82) is 0 Å². The van der Waals surface area contributed by atoms with Crippen molar-refractivity contribution in [3.63, 3.8) is 0 Å². The SMILES string of the molecule is Cc1ccc(N)cc1-c1ncc2ccccc2n1. The molecule has 2 aromatic carbocycles. The molecule has 3 heteroatoms. The molecule has 0 bridgehead atoms. The van der Waals surface area contributed by atoms with E-state index in [1.807, 2.05) is 55.6 Å². The van der Waals surface area contributed by atoms with Crippen LogP contribution in [0.25, 0.3) is 22.3 Å². The Balaban J connectivity index is 2.22. The van der Waals surface area contributed by atoms with Crippen molar-refractivity contribution >= 4 is 16.6 Å². The van der Waals surface area contributed by atoms with Gasteiger partial charge in [-0.25, -0.2) is 9.97 Å².